The first kappa shape index (κ1) is 18.4. The van der Waals surface area contributed by atoms with Gasteiger partial charge in [0.05, 0.1) is 23.8 Å². The summed E-state index contributed by atoms with van der Waals surface area (Å²) in [6, 6.07) is 4.55. The average Bonchev–Trinajstić information content (AvgIpc) is 2.56. The fraction of sp³-hybridized carbons (Fsp3) is 0.500. The summed E-state index contributed by atoms with van der Waals surface area (Å²) in [4.78, 5) is 11.8. The molecule has 2 rings (SSSR count). The third kappa shape index (κ3) is 3.95. The van der Waals surface area contributed by atoms with Crippen molar-refractivity contribution in [1.29, 1.82) is 0 Å². The first-order valence-electron chi connectivity index (χ1n) is 6.69. The molecule has 1 unspecified atom stereocenters. The molecular weight excluding hydrogens is 351 g/mol. The summed E-state index contributed by atoms with van der Waals surface area (Å²) in [6.45, 7) is -0.663. The normalized spacial score (nSPS) is 29.1. The molecule has 0 amide bonds. The Bertz CT molecular complexity index is 568. The molecule has 1 saturated heterocycles. The molecule has 1 aromatic rings. The lowest BCUT2D eigenvalue weighted by Gasteiger charge is -2.39. The Morgan fingerprint density at radius 1 is 1.35 bits per heavy atom. The third-order valence-corrected chi connectivity index (χ3v) is 4.15. The molecule has 9 heteroatoms. The number of hydrogen-bond donors (Lipinski definition) is 3. The van der Waals surface area contributed by atoms with Gasteiger partial charge in [-0.15, -0.1) is 0 Å². The lowest BCUT2D eigenvalue weighted by molar-refractivity contribution is -0.303. The molecule has 1 aromatic carbocycles. The second-order valence-electron chi connectivity index (χ2n) is 4.93. The predicted molar refractivity (Wildman–Crippen MR) is 80.1 cm³/mol. The molecule has 5 atom stereocenters. The van der Waals surface area contributed by atoms with Gasteiger partial charge in [-0.3, -0.25) is 0 Å². The topological polar surface area (TPSA) is 105 Å². The van der Waals surface area contributed by atoms with Crippen molar-refractivity contribution in [1.82, 2.24) is 0 Å². The maximum absolute atomic E-state index is 11.8. The number of methoxy groups -OCH3 is 1. The summed E-state index contributed by atoms with van der Waals surface area (Å²) >= 11 is 11.8. The lowest BCUT2D eigenvalue weighted by Crippen LogP contribution is -2.56. The van der Waals surface area contributed by atoms with Crippen molar-refractivity contribution in [3.8, 4) is 0 Å². The Morgan fingerprint density at radius 2 is 2.04 bits per heavy atom. The van der Waals surface area contributed by atoms with Gasteiger partial charge in [-0.05, 0) is 12.1 Å². The van der Waals surface area contributed by atoms with Crippen molar-refractivity contribution >= 4 is 29.2 Å². The van der Waals surface area contributed by atoms with E-state index in [4.69, 9.17) is 37.8 Å². The number of carbonyl (C=O) groups excluding carboxylic acids is 1. The third-order valence-electron chi connectivity index (χ3n) is 3.41. The average molecular weight is 367 g/mol. The molecule has 0 saturated carbocycles. The smallest absolute Gasteiger partial charge is 0.337 e. The molecule has 1 fully saturated rings. The molecule has 0 bridgehead atoms. The summed E-state index contributed by atoms with van der Waals surface area (Å²) in [5.74, 6) is -0.832. The highest BCUT2D eigenvalue weighted by Gasteiger charge is 2.46. The van der Waals surface area contributed by atoms with Crippen LogP contribution in [0.1, 0.15) is 11.9 Å². The highest BCUT2D eigenvalue weighted by Crippen LogP contribution is 2.34. The molecule has 128 valence electrons. The van der Waals surface area contributed by atoms with Crippen molar-refractivity contribution in [2.45, 2.75) is 30.7 Å². The summed E-state index contributed by atoms with van der Waals surface area (Å²) < 4.78 is 15.5. The van der Waals surface area contributed by atoms with Crippen LogP contribution in [0.4, 0.5) is 0 Å². The minimum atomic E-state index is -1.51. The van der Waals surface area contributed by atoms with E-state index in [2.05, 4.69) is 4.74 Å². The maximum Gasteiger partial charge on any atom is 0.337 e. The van der Waals surface area contributed by atoms with Crippen LogP contribution in [-0.4, -0.2) is 59.4 Å². The number of rotatable bonds is 4. The van der Waals surface area contributed by atoms with Gasteiger partial charge in [0.2, 0.25) is 0 Å². The van der Waals surface area contributed by atoms with Crippen LogP contribution in [0.3, 0.4) is 0 Å². The van der Waals surface area contributed by atoms with E-state index in [9.17, 15) is 15.0 Å². The number of esters is 1. The van der Waals surface area contributed by atoms with Crippen molar-refractivity contribution < 1.29 is 34.3 Å². The van der Waals surface area contributed by atoms with E-state index in [1.807, 2.05) is 0 Å². The van der Waals surface area contributed by atoms with E-state index >= 15 is 0 Å². The monoisotopic (exact) mass is 366 g/mol. The number of halogens is 2. The van der Waals surface area contributed by atoms with Gasteiger partial charge in [-0.2, -0.15) is 0 Å². The van der Waals surface area contributed by atoms with Gasteiger partial charge in [-0.1, -0.05) is 29.3 Å². The van der Waals surface area contributed by atoms with E-state index in [0.29, 0.717) is 10.6 Å². The largest absolute Gasteiger partial charge is 0.467 e. The molecule has 0 aromatic heterocycles. The number of aliphatic hydroxyl groups excluding tert-OH is 3. The Hall–Kier alpha value is -0.930. The van der Waals surface area contributed by atoms with Crippen molar-refractivity contribution in [3.05, 3.63) is 33.8 Å². The zero-order valence-electron chi connectivity index (χ0n) is 12.1. The van der Waals surface area contributed by atoms with Gasteiger partial charge in [0.1, 0.15) is 18.3 Å². The molecule has 1 aliphatic heterocycles. The lowest BCUT2D eigenvalue weighted by atomic mass is 10.0. The van der Waals surface area contributed by atoms with Crippen molar-refractivity contribution in [2.24, 2.45) is 0 Å². The van der Waals surface area contributed by atoms with Crippen molar-refractivity contribution in [3.63, 3.8) is 0 Å². The molecule has 0 spiro atoms. The van der Waals surface area contributed by atoms with Crippen LogP contribution in [-0.2, 0) is 19.0 Å². The van der Waals surface area contributed by atoms with Crippen LogP contribution in [0.25, 0.3) is 0 Å². The zero-order chi connectivity index (χ0) is 17.1. The summed E-state index contributed by atoms with van der Waals surface area (Å²) in [6.07, 6.45) is -6.67. The van der Waals surface area contributed by atoms with Gasteiger partial charge in [0.25, 0.3) is 0 Å². The van der Waals surface area contributed by atoms with Crippen LogP contribution in [0.2, 0.25) is 10.0 Å². The predicted octanol–water partition coefficient (Wildman–Crippen LogP) is 0.663. The number of aliphatic hydroxyl groups is 3. The van der Waals surface area contributed by atoms with Gasteiger partial charge < -0.3 is 29.5 Å². The quantitative estimate of drug-likeness (QED) is 0.672. The molecule has 0 radical (unpaired) electrons. The minimum absolute atomic E-state index is 0.247. The highest BCUT2D eigenvalue weighted by atomic mass is 35.5. The molecule has 0 aliphatic carbocycles. The Kier molecular flexibility index (Phi) is 6.21. The summed E-state index contributed by atoms with van der Waals surface area (Å²) in [5.41, 5.74) is 0.426. The second kappa shape index (κ2) is 7.76. The van der Waals surface area contributed by atoms with Gasteiger partial charge in [-0.25, -0.2) is 4.79 Å². The summed E-state index contributed by atoms with van der Waals surface area (Å²) in [7, 11) is 1.14. The van der Waals surface area contributed by atoms with E-state index in [-0.39, 0.29) is 5.02 Å². The number of benzene rings is 1. The first-order chi connectivity index (χ1) is 10.9. The highest BCUT2D eigenvalue weighted by molar-refractivity contribution is 6.42. The van der Waals surface area contributed by atoms with E-state index < -0.39 is 43.3 Å². The Labute approximate surface area is 142 Å². The first-order valence-corrected chi connectivity index (χ1v) is 7.45. The minimum Gasteiger partial charge on any atom is -0.467 e. The van der Waals surface area contributed by atoms with Gasteiger partial charge in [0.15, 0.2) is 12.4 Å². The number of ether oxygens (including phenoxy) is 3. The van der Waals surface area contributed by atoms with Crippen molar-refractivity contribution in [2.75, 3.05) is 13.7 Å². The Morgan fingerprint density at radius 3 is 2.61 bits per heavy atom. The van der Waals surface area contributed by atoms with E-state index in [0.717, 1.165) is 7.11 Å². The van der Waals surface area contributed by atoms with Crippen LogP contribution in [0.15, 0.2) is 18.2 Å². The van der Waals surface area contributed by atoms with Gasteiger partial charge >= 0.3 is 5.97 Å². The number of hydrogen-bond acceptors (Lipinski definition) is 7. The molecule has 23 heavy (non-hydrogen) atoms. The van der Waals surface area contributed by atoms with Crippen LogP contribution in [0.5, 0.6) is 0 Å². The van der Waals surface area contributed by atoms with Gasteiger partial charge in [0, 0.05) is 5.56 Å². The fourth-order valence-corrected chi connectivity index (χ4v) is 2.50. The van der Waals surface area contributed by atoms with Crippen LogP contribution in [0, 0.1) is 0 Å². The fourth-order valence-electron chi connectivity index (χ4n) is 2.19. The molecule has 7 nitrogen and oxygen atoms in total. The van der Waals surface area contributed by atoms with E-state index in [1.54, 1.807) is 6.07 Å². The van der Waals surface area contributed by atoms with Crippen LogP contribution >= 0.6 is 23.2 Å². The molecular formula is C14H16Cl2O7. The number of carbonyl (C=O) groups is 1. The standard InChI is InChI=1S/C14H16Cl2O7/c1-21-13(20)12-10(19)11(9(18)5-17)22-14(23-12)6-2-3-7(15)8(16)4-6/h2-4,9-12,14,17-19H,5H2,1H3/t9-,10+,11-,12-,14?/m0/s1. The maximum atomic E-state index is 11.8. The van der Waals surface area contributed by atoms with E-state index in [1.165, 1.54) is 12.1 Å². The van der Waals surface area contributed by atoms with Crippen LogP contribution < -0.4 is 0 Å². The molecule has 1 heterocycles. The summed E-state index contributed by atoms with van der Waals surface area (Å²) in [5, 5.41) is 29.6. The zero-order valence-corrected chi connectivity index (χ0v) is 13.6. The molecule has 3 N–H and O–H groups in total. The Balaban J connectivity index is 2.32. The SMILES string of the molecule is COC(=O)[C@H]1OC(c2ccc(Cl)c(Cl)c2)O[C@@H]([C@@H](O)CO)[C@H]1O. The molecule has 1 aliphatic rings. The second-order valence-corrected chi connectivity index (χ2v) is 5.74.